The van der Waals surface area contributed by atoms with Crippen LogP contribution in [0.3, 0.4) is 0 Å². The van der Waals surface area contributed by atoms with E-state index in [0.29, 0.717) is 22.7 Å². The quantitative estimate of drug-likeness (QED) is 0.516. The van der Waals surface area contributed by atoms with Gasteiger partial charge in [-0.3, -0.25) is 0 Å². The zero-order valence-electron chi connectivity index (χ0n) is 12.9. The molecule has 0 atom stereocenters. The Hall–Kier alpha value is -0.570. The van der Waals surface area contributed by atoms with Crippen molar-refractivity contribution in [2.24, 2.45) is 11.8 Å². The van der Waals surface area contributed by atoms with Crippen LogP contribution in [-0.4, -0.2) is 6.61 Å². The second-order valence-electron chi connectivity index (χ2n) is 6.25. The highest BCUT2D eigenvalue weighted by Crippen LogP contribution is 2.33. The Bertz CT molecular complexity index is 427. The third-order valence-electron chi connectivity index (χ3n) is 4.57. The first-order valence-corrected chi connectivity index (χ1v) is 9.06. The molecule has 0 N–H and O–H groups in total. The van der Waals surface area contributed by atoms with E-state index in [2.05, 4.69) is 22.9 Å². The fourth-order valence-electron chi connectivity index (χ4n) is 3.17. The lowest BCUT2D eigenvalue weighted by atomic mass is 9.80. The van der Waals surface area contributed by atoms with Crippen LogP contribution in [0.25, 0.3) is 0 Å². The molecule has 0 spiro atoms. The lowest BCUT2D eigenvalue weighted by molar-refractivity contribution is 0.173. The number of hydrogen-bond acceptors (Lipinski definition) is 1. The second-order valence-corrected chi connectivity index (χ2v) is 7.10. The molecule has 21 heavy (non-hydrogen) atoms. The summed E-state index contributed by atoms with van der Waals surface area (Å²) in [7, 11) is 0. The molecular weight excluding hydrogens is 331 g/mol. The van der Waals surface area contributed by atoms with E-state index in [9.17, 15) is 4.39 Å². The fourth-order valence-corrected chi connectivity index (χ4v) is 3.52. The first kappa shape index (κ1) is 16.8. The van der Waals surface area contributed by atoms with E-state index < -0.39 is 0 Å². The van der Waals surface area contributed by atoms with Crippen LogP contribution in [0.1, 0.15) is 58.3 Å². The molecule has 1 aliphatic carbocycles. The summed E-state index contributed by atoms with van der Waals surface area (Å²) >= 11 is 3.19. The van der Waals surface area contributed by atoms with E-state index in [1.165, 1.54) is 51.4 Å². The molecule has 1 nitrogen and oxygen atoms in total. The third kappa shape index (κ3) is 5.28. The van der Waals surface area contributed by atoms with Gasteiger partial charge in [-0.05, 0) is 52.7 Å². The largest absolute Gasteiger partial charge is 0.490 e. The normalized spacial score (nSPS) is 22.2. The summed E-state index contributed by atoms with van der Waals surface area (Å²) in [6.45, 7) is 2.91. The molecule has 1 aromatic rings. The first-order valence-electron chi connectivity index (χ1n) is 8.27. The molecule has 0 radical (unpaired) electrons. The van der Waals surface area contributed by atoms with Gasteiger partial charge in [0.2, 0.25) is 0 Å². The van der Waals surface area contributed by atoms with Gasteiger partial charge in [0.25, 0.3) is 0 Å². The highest BCUT2D eigenvalue weighted by Gasteiger charge is 2.21. The lowest BCUT2D eigenvalue weighted by Gasteiger charge is -2.28. The maximum absolute atomic E-state index is 13.8. The Morgan fingerprint density at radius 3 is 2.57 bits per heavy atom. The maximum Gasteiger partial charge on any atom is 0.179 e. The van der Waals surface area contributed by atoms with Crippen molar-refractivity contribution in [3.8, 4) is 5.75 Å². The van der Waals surface area contributed by atoms with Crippen LogP contribution in [0.5, 0.6) is 5.75 Å². The fraction of sp³-hybridized carbons (Fsp3) is 0.667. The van der Waals surface area contributed by atoms with Crippen LogP contribution in [0.2, 0.25) is 0 Å². The van der Waals surface area contributed by atoms with Gasteiger partial charge < -0.3 is 4.74 Å². The van der Waals surface area contributed by atoms with E-state index in [-0.39, 0.29) is 5.82 Å². The van der Waals surface area contributed by atoms with Gasteiger partial charge in [-0.1, -0.05) is 51.5 Å². The highest BCUT2D eigenvalue weighted by molar-refractivity contribution is 9.10. The highest BCUT2D eigenvalue weighted by atomic mass is 79.9. The first-order chi connectivity index (χ1) is 10.2. The van der Waals surface area contributed by atoms with E-state index >= 15 is 0 Å². The van der Waals surface area contributed by atoms with Gasteiger partial charge in [0.1, 0.15) is 0 Å². The van der Waals surface area contributed by atoms with Crippen LogP contribution in [-0.2, 0) is 0 Å². The zero-order chi connectivity index (χ0) is 15.1. The van der Waals surface area contributed by atoms with Gasteiger partial charge in [0.05, 0.1) is 11.1 Å². The molecule has 1 saturated carbocycles. The summed E-state index contributed by atoms with van der Waals surface area (Å²) in [4.78, 5) is 0. The molecule has 3 heteroatoms. The van der Waals surface area contributed by atoms with Crippen LogP contribution >= 0.6 is 15.9 Å². The number of benzene rings is 1. The molecule has 1 aromatic carbocycles. The molecule has 118 valence electrons. The zero-order valence-corrected chi connectivity index (χ0v) is 14.5. The van der Waals surface area contributed by atoms with Crippen molar-refractivity contribution in [2.75, 3.05) is 6.61 Å². The Morgan fingerprint density at radius 1 is 1.14 bits per heavy atom. The summed E-state index contributed by atoms with van der Waals surface area (Å²) < 4.78 is 20.0. The monoisotopic (exact) mass is 356 g/mol. The maximum atomic E-state index is 13.8. The van der Waals surface area contributed by atoms with Gasteiger partial charge >= 0.3 is 0 Å². The van der Waals surface area contributed by atoms with Crippen molar-refractivity contribution < 1.29 is 9.13 Å². The summed E-state index contributed by atoms with van der Waals surface area (Å²) in [5.41, 5.74) is 0. The van der Waals surface area contributed by atoms with Crippen molar-refractivity contribution >= 4 is 15.9 Å². The van der Waals surface area contributed by atoms with E-state index in [4.69, 9.17) is 4.74 Å². The topological polar surface area (TPSA) is 9.23 Å². The minimum absolute atomic E-state index is 0.286. The lowest BCUT2D eigenvalue weighted by Crippen LogP contribution is -2.20. The van der Waals surface area contributed by atoms with Crippen molar-refractivity contribution in [3.05, 3.63) is 28.5 Å². The SMILES string of the molecule is CCCCCC1CCC(COc2cccc(Br)c2F)CC1. The molecule has 1 fully saturated rings. The molecule has 2 rings (SSSR count). The van der Waals surface area contributed by atoms with Crippen molar-refractivity contribution in [1.29, 1.82) is 0 Å². The number of ether oxygens (including phenoxy) is 1. The van der Waals surface area contributed by atoms with E-state index in [0.717, 1.165) is 5.92 Å². The number of halogens is 2. The predicted molar refractivity (Wildman–Crippen MR) is 89.2 cm³/mol. The predicted octanol–water partition coefficient (Wildman–Crippen LogP) is 6.35. The van der Waals surface area contributed by atoms with Crippen LogP contribution in [0, 0.1) is 17.7 Å². The minimum atomic E-state index is -0.286. The van der Waals surface area contributed by atoms with Gasteiger partial charge in [-0.2, -0.15) is 0 Å². The van der Waals surface area contributed by atoms with E-state index in [1.54, 1.807) is 12.1 Å². The average Bonchev–Trinajstić information content (AvgIpc) is 2.50. The molecule has 0 heterocycles. The number of rotatable bonds is 7. The second kappa shape index (κ2) is 8.77. The Kier molecular flexibility index (Phi) is 7.01. The Balaban J connectivity index is 1.70. The summed E-state index contributed by atoms with van der Waals surface area (Å²) in [5, 5.41) is 0. The molecule has 0 bridgehead atoms. The molecule has 1 aliphatic rings. The number of unbranched alkanes of at least 4 members (excludes halogenated alkanes) is 2. The van der Waals surface area contributed by atoms with Crippen LogP contribution < -0.4 is 4.74 Å². The molecular formula is C18H26BrFO. The standard InChI is InChI=1S/C18H26BrFO/c1-2-3-4-6-14-9-11-15(12-10-14)13-21-17-8-5-7-16(19)18(17)20/h5,7-8,14-15H,2-4,6,9-13H2,1H3. The van der Waals surface area contributed by atoms with E-state index in [1.807, 2.05) is 6.07 Å². The number of hydrogen-bond donors (Lipinski definition) is 0. The van der Waals surface area contributed by atoms with Gasteiger partial charge in [0.15, 0.2) is 11.6 Å². The molecule has 0 aliphatic heterocycles. The van der Waals surface area contributed by atoms with Gasteiger partial charge in [-0.15, -0.1) is 0 Å². The molecule has 0 unspecified atom stereocenters. The van der Waals surface area contributed by atoms with Gasteiger partial charge in [0, 0.05) is 0 Å². The minimum Gasteiger partial charge on any atom is -0.490 e. The van der Waals surface area contributed by atoms with Crippen LogP contribution in [0.15, 0.2) is 22.7 Å². The molecule has 0 aromatic heterocycles. The summed E-state index contributed by atoms with van der Waals surface area (Å²) in [6.07, 6.45) is 10.5. The van der Waals surface area contributed by atoms with Crippen molar-refractivity contribution in [3.63, 3.8) is 0 Å². The average molecular weight is 357 g/mol. The summed E-state index contributed by atoms with van der Waals surface area (Å²) in [5.74, 6) is 1.58. The summed E-state index contributed by atoms with van der Waals surface area (Å²) in [6, 6.07) is 5.22. The molecule has 0 saturated heterocycles. The molecule has 0 amide bonds. The van der Waals surface area contributed by atoms with Crippen LogP contribution in [0.4, 0.5) is 4.39 Å². The van der Waals surface area contributed by atoms with Crippen molar-refractivity contribution in [2.45, 2.75) is 58.3 Å². The Labute approximate surface area is 136 Å². The third-order valence-corrected chi connectivity index (χ3v) is 5.19. The Morgan fingerprint density at radius 2 is 1.86 bits per heavy atom. The smallest absolute Gasteiger partial charge is 0.179 e. The van der Waals surface area contributed by atoms with Crippen molar-refractivity contribution in [1.82, 2.24) is 0 Å². The van der Waals surface area contributed by atoms with Gasteiger partial charge in [-0.25, -0.2) is 4.39 Å².